The van der Waals surface area contributed by atoms with Crippen molar-refractivity contribution in [1.29, 1.82) is 0 Å². The van der Waals surface area contributed by atoms with Crippen molar-refractivity contribution >= 4 is 5.82 Å². The zero-order chi connectivity index (χ0) is 11.4. The molecule has 0 aromatic carbocycles. The first-order valence-corrected chi connectivity index (χ1v) is 5.40. The normalized spacial score (nSPS) is 19.8. The van der Waals surface area contributed by atoms with Crippen LogP contribution >= 0.6 is 0 Å². The Bertz CT molecular complexity index is 353. The van der Waals surface area contributed by atoms with Gasteiger partial charge in [-0.25, -0.2) is 15.8 Å². The van der Waals surface area contributed by atoms with Crippen LogP contribution < -0.4 is 16.0 Å². The van der Waals surface area contributed by atoms with Gasteiger partial charge in [-0.15, -0.1) is 0 Å². The van der Waals surface area contributed by atoms with Gasteiger partial charge in [0.2, 0.25) is 5.88 Å². The Kier molecular flexibility index (Phi) is 3.53. The lowest BCUT2D eigenvalue weighted by atomic mass is 10.2. The predicted octanol–water partition coefficient (Wildman–Crippen LogP) is 0.492. The van der Waals surface area contributed by atoms with Gasteiger partial charge in [0.25, 0.3) is 0 Å². The van der Waals surface area contributed by atoms with Crippen LogP contribution in [0.5, 0.6) is 5.88 Å². The average molecular weight is 224 g/mol. The Morgan fingerprint density at radius 2 is 2.50 bits per heavy atom. The van der Waals surface area contributed by atoms with Gasteiger partial charge in [0.05, 0.1) is 18.8 Å². The van der Waals surface area contributed by atoms with Gasteiger partial charge < -0.3 is 14.9 Å². The third kappa shape index (κ3) is 2.23. The van der Waals surface area contributed by atoms with Crippen molar-refractivity contribution < 1.29 is 9.47 Å². The van der Waals surface area contributed by atoms with Crippen LogP contribution in [0.25, 0.3) is 0 Å². The van der Waals surface area contributed by atoms with Crippen LogP contribution in [0.4, 0.5) is 5.82 Å². The summed E-state index contributed by atoms with van der Waals surface area (Å²) >= 11 is 0. The van der Waals surface area contributed by atoms with Crippen molar-refractivity contribution in [2.24, 2.45) is 5.84 Å². The van der Waals surface area contributed by atoms with E-state index in [4.69, 9.17) is 15.3 Å². The van der Waals surface area contributed by atoms with Crippen molar-refractivity contribution in [3.63, 3.8) is 0 Å². The molecule has 3 N–H and O–H groups in total. The molecule has 1 unspecified atom stereocenters. The van der Waals surface area contributed by atoms with E-state index in [9.17, 15) is 0 Å². The van der Waals surface area contributed by atoms with Crippen molar-refractivity contribution in [2.45, 2.75) is 25.9 Å². The van der Waals surface area contributed by atoms with Crippen LogP contribution in [-0.4, -0.2) is 29.3 Å². The lowest BCUT2D eigenvalue weighted by Gasteiger charge is -2.15. The largest absolute Gasteiger partial charge is 0.471 e. The van der Waals surface area contributed by atoms with Crippen molar-refractivity contribution in [2.75, 3.05) is 18.6 Å². The Morgan fingerprint density at radius 1 is 1.62 bits per heavy atom. The molecule has 1 aromatic rings. The highest BCUT2D eigenvalue weighted by atomic mass is 16.5. The van der Waals surface area contributed by atoms with Gasteiger partial charge >= 0.3 is 0 Å². The second-order valence-electron chi connectivity index (χ2n) is 3.61. The fraction of sp³-hybridized carbons (Fsp3) is 0.600. The fourth-order valence-corrected chi connectivity index (χ4v) is 1.70. The Labute approximate surface area is 94.1 Å². The monoisotopic (exact) mass is 224 g/mol. The van der Waals surface area contributed by atoms with E-state index in [0.717, 1.165) is 25.0 Å². The molecule has 1 fully saturated rings. The number of rotatable bonds is 4. The number of aromatic nitrogens is 2. The van der Waals surface area contributed by atoms with Gasteiger partial charge in [0, 0.05) is 6.42 Å². The number of hydrogen-bond donors (Lipinski definition) is 2. The fourth-order valence-electron chi connectivity index (χ4n) is 1.70. The molecule has 0 amide bonds. The Morgan fingerprint density at radius 3 is 3.12 bits per heavy atom. The van der Waals surface area contributed by atoms with E-state index in [0.29, 0.717) is 18.3 Å². The highest BCUT2D eigenvalue weighted by molar-refractivity contribution is 5.47. The van der Waals surface area contributed by atoms with Crippen molar-refractivity contribution in [3.8, 4) is 5.88 Å². The van der Waals surface area contributed by atoms with Gasteiger partial charge in [-0.2, -0.15) is 0 Å². The zero-order valence-corrected chi connectivity index (χ0v) is 9.27. The molecule has 88 valence electrons. The summed E-state index contributed by atoms with van der Waals surface area (Å²) in [6.07, 6.45) is 3.20. The van der Waals surface area contributed by atoms with Crippen LogP contribution in [0.1, 0.15) is 18.9 Å². The average Bonchev–Trinajstić information content (AvgIpc) is 2.81. The lowest BCUT2D eigenvalue weighted by molar-refractivity contribution is 0.137. The van der Waals surface area contributed by atoms with Gasteiger partial charge in [0.1, 0.15) is 18.2 Å². The molecule has 2 rings (SSSR count). The third-order valence-corrected chi connectivity index (χ3v) is 2.56. The molecule has 1 atom stereocenters. The molecular formula is C10H16N4O2. The van der Waals surface area contributed by atoms with E-state index in [1.165, 1.54) is 6.33 Å². The summed E-state index contributed by atoms with van der Waals surface area (Å²) in [4.78, 5) is 8.18. The second kappa shape index (κ2) is 5.09. The number of hydrogen-bond acceptors (Lipinski definition) is 6. The molecule has 6 nitrogen and oxygen atoms in total. The van der Waals surface area contributed by atoms with Crippen LogP contribution in [0.3, 0.4) is 0 Å². The molecule has 1 aromatic heterocycles. The number of ether oxygens (including phenoxy) is 2. The van der Waals surface area contributed by atoms with E-state index in [1.807, 2.05) is 6.92 Å². The maximum Gasteiger partial charge on any atom is 0.222 e. The van der Waals surface area contributed by atoms with E-state index in [-0.39, 0.29) is 6.10 Å². The molecule has 2 heterocycles. The minimum absolute atomic E-state index is 0.0887. The lowest BCUT2D eigenvalue weighted by Crippen LogP contribution is -2.19. The van der Waals surface area contributed by atoms with E-state index in [2.05, 4.69) is 15.4 Å². The Balaban J connectivity index is 2.18. The van der Waals surface area contributed by atoms with Gasteiger partial charge in [-0.3, -0.25) is 0 Å². The molecule has 0 radical (unpaired) electrons. The van der Waals surface area contributed by atoms with Gasteiger partial charge in [0.15, 0.2) is 0 Å². The highest BCUT2D eigenvalue weighted by Crippen LogP contribution is 2.24. The van der Waals surface area contributed by atoms with E-state index >= 15 is 0 Å². The third-order valence-electron chi connectivity index (χ3n) is 2.56. The standard InChI is InChI=1S/C10H16N4O2/c1-2-8-9(14-11)12-6-13-10(8)16-7-3-4-15-5-7/h6-7H,2-5,11H2,1H3,(H,12,13,14). The van der Waals surface area contributed by atoms with Gasteiger partial charge in [-0.1, -0.05) is 6.92 Å². The number of nitrogens with one attached hydrogen (secondary N) is 1. The van der Waals surface area contributed by atoms with Crippen molar-refractivity contribution in [3.05, 3.63) is 11.9 Å². The number of hydrazine groups is 1. The summed E-state index contributed by atoms with van der Waals surface area (Å²) in [5.41, 5.74) is 3.45. The van der Waals surface area contributed by atoms with E-state index in [1.54, 1.807) is 0 Å². The first-order chi connectivity index (χ1) is 7.85. The summed E-state index contributed by atoms with van der Waals surface area (Å²) in [5, 5.41) is 0. The number of nitrogens with two attached hydrogens (primary N) is 1. The predicted molar refractivity (Wildman–Crippen MR) is 59.1 cm³/mol. The smallest absolute Gasteiger partial charge is 0.222 e. The quantitative estimate of drug-likeness (QED) is 0.572. The first kappa shape index (κ1) is 11.1. The highest BCUT2D eigenvalue weighted by Gasteiger charge is 2.20. The number of nitrogens with zero attached hydrogens (tertiary/aromatic N) is 2. The zero-order valence-electron chi connectivity index (χ0n) is 9.27. The molecule has 0 saturated carbocycles. The summed E-state index contributed by atoms with van der Waals surface area (Å²) in [6.45, 7) is 3.38. The molecular weight excluding hydrogens is 208 g/mol. The maximum absolute atomic E-state index is 5.77. The molecule has 16 heavy (non-hydrogen) atoms. The number of anilines is 1. The molecule has 0 bridgehead atoms. The second-order valence-corrected chi connectivity index (χ2v) is 3.61. The molecule has 0 spiro atoms. The molecule has 1 saturated heterocycles. The van der Waals surface area contributed by atoms with Crippen LogP contribution in [0.15, 0.2) is 6.33 Å². The summed E-state index contributed by atoms with van der Waals surface area (Å²) in [7, 11) is 0. The van der Waals surface area contributed by atoms with Crippen LogP contribution in [0.2, 0.25) is 0 Å². The molecule has 6 heteroatoms. The van der Waals surface area contributed by atoms with Crippen molar-refractivity contribution in [1.82, 2.24) is 9.97 Å². The summed E-state index contributed by atoms with van der Waals surface area (Å²) in [5.74, 6) is 6.60. The SMILES string of the molecule is CCc1c(NN)ncnc1OC1CCOC1. The molecule has 1 aliphatic heterocycles. The van der Waals surface area contributed by atoms with Gasteiger partial charge in [-0.05, 0) is 6.42 Å². The molecule has 0 aliphatic carbocycles. The maximum atomic E-state index is 5.77. The van der Waals surface area contributed by atoms with E-state index < -0.39 is 0 Å². The minimum atomic E-state index is 0.0887. The Hall–Kier alpha value is -1.40. The summed E-state index contributed by atoms with van der Waals surface area (Å²) in [6, 6.07) is 0. The van der Waals surface area contributed by atoms with Crippen LogP contribution in [-0.2, 0) is 11.2 Å². The minimum Gasteiger partial charge on any atom is -0.471 e. The van der Waals surface area contributed by atoms with Crippen LogP contribution in [0, 0.1) is 0 Å². The summed E-state index contributed by atoms with van der Waals surface area (Å²) < 4.78 is 11.0. The number of nitrogen functional groups attached to an aromatic ring is 1. The molecule has 1 aliphatic rings. The topological polar surface area (TPSA) is 82.3 Å². The first-order valence-electron chi connectivity index (χ1n) is 5.40.